The SMILES string of the molecule is Cc1csc(CCNC(=O)[C@@H]2C[C@H]2c2ccc(Br)cc2)n1. The molecule has 1 aliphatic rings. The van der Waals surface area contributed by atoms with Crippen molar-refractivity contribution < 1.29 is 4.79 Å². The van der Waals surface area contributed by atoms with Crippen LogP contribution >= 0.6 is 27.3 Å². The number of amides is 1. The second kappa shape index (κ2) is 6.28. The lowest BCUT2D eigenvalue weighted by atomic mass is 10.1. The van der Waals surface area contributed by atoms with Crippen molar-refractivity contribution in [3.8, 4) is 0 Å². The number of aromatic nitrogens is 1. The monoisotopic (exact) mass is 364 g/mol. The summed E-state index contributed by atoms with van der Waals surface area (Å²) < 4.78 is 1.08. The number of halogens is 1. The van der Waals surface area contributed by atoms with Gasteiger partial charge in [0.2, 0.25) is 5.91 Å². The zero-order chi connectivity index (χ0) is 14.8. The molecule has 0 radical (unpaired) electrons. The van der Waals surface area contributed by atoms with Crippen LogP contribution in [0.4, 0.5) is 0 Å². The van der Waals surface area contributed by atoms with Crippen LogP contribution in [0.2, 0.25) is 0 Å². The Morgan fingerprint density at radius 3 is 2.86 bits per heavy atom. The van der Waals surface area contributed by atoms with E-state index in [2.05, 4.69) is 38.4 Å². The first-order valence-corrected chi connectivity index (χ1v) is 8.75. The van der Waals surface area contributed by atoms with Crippen molar-refractivity contribution in [3.05, 3.63) is 50.4 Å². The minimum Gasteiger partial charge on any atom is -0.355 e. The highest BCUT2D eigenvalue weighted by atomic mass is 79.9. The zero-order valence-electron chi connectivity index (χ0n) is 11.8. The summed E-state index contributed by atoms with van der Waals surface area (Å²) >= 11 is 5.09. The van der Waals surface area contributed by atoms with E-state index in [0.717, 1.165) is 28.0 Å². The predicted octanol–water partition coefficient (Wildman–Crippen LogP) is 3.68. The quantitative estimate of drug-likeness (QED) is 0.878. The average Bonchev–Trinajstić information content (AvgIpc) is 3.16. The number of hydrogen-bond donors (Lipinski definition) is 1. The second-order valence-corrected chi connectivity index (χ2v) is 7.28. The van der Waals surface area contributed by atoms with E-state index in [1.807, 2.05) is 24.4 Å². The summed E-state index contributed by atoms with van der Waals surface area (Å²) in [5.41, 5.74) is 2.31. The van der Waals surface area contributed by atoms with Crippen LogP contribution in [0.15, 0.2) is 34.1 Å². The van der Waals surface area contributed by atoms with Crippen molar-refractivity contribution in [2.45, 2.75) is 25.7 Å². The van der Waals surface area contributed by atoms with E-state index in [-0.39, 0.29) is 11.8 Å². The molecule has 5 heteroatoms. The molecule has 2 atom stereocenters. The van der Waals surface area contributed by atoms with Crippen LogP contribution in [0.5, 0.6) is 0 Å². The van der Waals surface area contributed by atoms with Crippen LogP contribution in [-0.2, 0) is 11.2 Å². The molecule has 1 aromatic heterocycles. The number of rotatable bonds is 5. The highest BCUT2D eigenvalue weighted by Gasteiger charge is 2.43. The first-order valence-electron chi connectivity index (χ1n) is 7.07. The van der Waals surface area contributed by atoms with Crippen LogP contribution in [-0.4, -0.2) is 17.4 Å². The average molecular weight is 365 g/mol. The Kier molecular flexibility index (Phi) is 4.40. The normalized spacial score (nSPS) is 20.3. The van der Waals surface area contributed by atoms with E-state index in [0.29, 0.717) is 12.5 Å². The van der Waals surface area contributed by atoms with Crippen molar-refractivity contribution >= 4 is 33.2 Å². The Bertz CT molecular complexity index is 638. The van der Waals surface area contributed by atoms with Gasteiger partial charge in [-0.3, -0.25) is 4.79 Å². The molecule has 0 aliphatic heterocycles. The van der Waals surface area contributed by atoms with Gasteiger partial charge in [0, 0.05) is 34.4 Å². The minimum absolute atomic E-state index is 0.143. The molecule has 21 heavy (non-hydrogen) atoms. The lowest BCUT2D eigenvalue weighted by Gasteiger charge is -2.04. The predicted molar refractivity (Wildman–Crippen MR) is 88.6 cm³/mol. The number of nitrogens with one attached hydrogen (secondary N) is 1. The van der Waals surface area contributed by atoms with Crippen LogP contribution in [0.1, 0.15) is 28.6 Å². The molecular formula is C16H17BrN2OS. The summed E-state index contributed by atoms with van der Waals surface area (Å²) in [7, 11) is 0. The topological polar surface area (TPSA) is 42.0 Å². The van der Waals surface area contributed by atoms with Gasteiger partial charge in [-0.15, -0.1) is 11.3 Å². The lowest BCUT2D eigenvalue weighted by Crippen LogP contribution is -2.27. The number of hydrogen-bond acceptors (Lipinski definition) is 3. The Morgan fingerprint density at radius 1 is 1.43 bits per heavy atom. The number of carbonyl (C=O) groups excluding carboxylic acids is 1. The van der Waals surface area contributed by atoms with Gasteiger partial charge < -0.3 is 5.32 Å². The summed E-state index contributed by atoms with van der Waals surface area (Å²) in [4.78, 5) is 16.5. The first kappa shape index (κ1) is 14.7. The highest BCUT2D eigenvalue weighted by molar-refractivity contribution is 9.10. The lowest BCUT2D eigenvalue weighted by molar-refractivity contribution is -0.122. The number of nitrogens with zero attached hydrogens (tertiary/aromatic N) is 1. The maximum Gasteiger partial charge on any atom is 0.223 e. The Balaban J connectivity index is 1.46. The molecule has 3 nitrogen and oxygen atoms in total. The molecule has 0 spiro atoms. The van der Waals surface area contributed by atoms with Gasteiger partial charge in [0.1, 0.15) is 0 Å². The molecule has 0 saturated heterocycles. The van der Waals surface area contributed by atoms with Gasteiger partial charge in [-0.1, -0.05) is 28.1 Å². The largest absolute Gasteiger partial charge is 0.355 e. The molecule has 3 rings (SSSR count). The van der Waals surface area contributed by atoms with Gasteiger partial charge >= 0.3 is 0 Å². The molecule has 1 aromatic carbocycles. The summed E-state index contributed by atoms with van der Waals surface area (Å²) in [6, 6.07) is 8.27. The summed E-state index contributed by atoms with van der Waals surface area (Å²) in [6.45, 7) is 2.67. The summed E-state index contributed by atoms with van der Waals surface area (Å²) in [6.07, 6.45) is 1.78. The van der Waals surface area contributed by atoms with Crippen LogP contribution < -0.4 is 5.32 Å². The fourth-order valence-electron chi connectivity index (χ4n) is 2.50. The zero-order valence-corrected chi connectivity index (χ0v) is 14.2. The van der Waals surface area contributed by atoms with Crippen LogP contribution in [0.25, 0.3) is 0 Å². The van der Waals surface area contributed by atoms with Gasteiger partial charge in [-0.25, -0.2) is 4.98 Å². The van der Waals surface area contributed by atoms with E-state index >= 15 is 0 Å². The third-order valence-corrected chi connectivity index (χ3v) is 5.29. The standard InChI is InChI=1S/C16H17BrN2OS/c1-10-9-21-15(19-10)6-7-18-16(20)14-8-13(14)11-2-4-12(17)5-3-11/h2-5,9,13-14H,6-8H2,1H3,(H,18,20)/t13-,14+/m0/s1. The molecule has 0 unspecified atom stereocenters. The van der Waals surface area contributed by atoms with E-state index in [1.54, 1.807) is 11.3 Å². The van der Waals surface area contributed by atoms with E-state index in [9.17, 15) is 4.79 Å². The molecule has 1 fully saturated rings. The highest BCUT2D eigenvalue weighted by Crippen LogP contribution is 2.47. The Hall–Kier alpha value is -1.20. The fraction of sp³-hybridized carbons (Fsp3) is 0.375. The molecule has 0 bridgehead atoms. The van der Waals surface area contributed by atoms with Gasteiger partial charge in [0.15, 0.2) is 0 Å². The molecular weight excluding hydrogens is 348 g/mol. The van der Waals surface area contributed by atoms with Crippen molar-refractivity contribution in [3.63, 3.8) is 0 Å². The van der Waals surface area contributed by atoms with Crippen LogP contribution in [0, 0.1) is 12.8 Å². The maximum absolute atomic E-state index is 12.1. The molecule has 1 aliphatic carbocycles. The summed E-state index contributed by atoms with van der Waals surface area (Å²) in [5, 5.41) is 6.17. The van der Waals surface area contributed by atoms with Crippen LogP contribution in [0.3, 0.4) is 0 Å². The molecule has 1 saturated carbocycles. The molecule has 2 aromatic rings. The van der Waals surface area contributed by atoms with E-state index in [1.165, 1.54) is 5.56 Å². The first-order chi connectivity index (χ1) is 10.1. The third kappa shape index (κ3) is 3.71. The number of thiazole rings is 1. The van der Waals surface area contributed by atoms with Crippen molar-refractivity contribution in [1.29, 1.82) is 0 Å². The van der Waals surface area contributed by atoms with E-state index < -0.39 is 0 Å². The maximum atomic E-state index is 12.1. The van der Waals surface area contributed by atoms with Gasteiger partial charge in [0.05, 0.1) is 5.01 Å². The number of benzene rings is 1. The smallest absolute Gasteiger partial charge is 0.223 e. The third-order valence-electron chi connectivity index (χ3n) is 3.73. The molecule has 1 amide bonds. The number of carbonyl (C=O) groups is 1. The number of aryl methyl sites for hydroxylation is 1. The van der Waals surface area contributed by atoms with Crippen molar-refractivity contribution in [1.82, 2.24) is 10.3 Å². The minimum atomic E-state index is 0.143. The van der Waals surface area contributed by atoms with Gasteiger partial charge in [0.25, 0.3) is 0 Å². The molecule has 1 heterocycles. The van der Waals surface area contributed by atoms with Gasteiger partial charge in [-0.2, -0.15) is 0 Å². The Labute approximate surface area is 136 Å². The van der Waals surface area contributed by atoms with Gasteiger partial charge in [-0.05, 0) is 37.0 Å². The molecule has 110 valence electrons. The summed E-state index contributed by atoms with van der Waals surface area (Å²) in [5.74, 6) is 0.709. The fourth-order valence-corrected chi connectivity index (χ4v) is 3.54. The second-order valence-electron chi connectivity index (χ2n) is 5.42. The van der Waals surface area contributed by atoms with Crippen molar-refractivity contribution in [2.75, 3.05) is 6.54 Å². The van der Waals surface area contributed by atoms with Crippen molar-refractivity contribution in [2.24, 2.45) is 5.92 Å². The Morgan fingerprint density at radius 2 is 2.19 bits per heavy atom. The van der Waals surface area contributed by atoms with E-state index in [4.69, 9.17) is 0 Å². The molecule has 1 N–H and O–H groups in total.